The number of aryl methyl sites for hydroxylation is 1. The molecule has 1 atom stereocenters. The first-order valence-corrected chi connectivity index (χ1v) is 8.21. The molecule has 5 nitrogen and oxygen atoms in total. The van der Waals surface area contributed by atoms with Gasteiger partial charge in [-0.3, -0.25) is 4.90 Å². The molecule has 2 aromatic heterocycles. The molecule has 1 unspecified atom stereocenters. The predicted octanol–water partition coefficient (Wildman–Crippen LogP) is 3.38. The van der Waals surface area contributed by atoms with Crippen molar-refractivity contribution in [3.05, 3.63) is 70.0 Å². The zero-order valence-electron chi connectivity index (χ0n) is 13.2. The lowest BCUT2D eigenvalue weighted by molar-refractivity contribution is 0.198. The van der Waals surface area contributed by atoms with Crippen LogP contribution in [0.3, 0.4) is 0 Å². The van der Waals surface area contributed by atoms with E-state index in [2.05, 4.69) is 24.8 Å². The molecule has 0 amide bonds. The number of aromatic nitrogens is 4. The Bertz CT molecular complexity index is 872. The first-order valence-electron chi connectivity index (χ1n) is 7.83. The van der Waals surface area contributed by atoms with E-state index < -0.39 is 0 Å². The summed E-state index contributed by atoms with van der Waals surface area (Å²) in [6.07, 6.45) is 4.29. The molecule has 3 heterocycles. The number of benzene rings is 1. The second-order valence-electron chi connectivity index (χ2n) is 6.03. The fourth-order valence-corrected chi connectivity index (χ4v) is 3.57. The zero-order chi connectivity index (χ0) is 16.7. The topological polar surface area (TPSA) is 60.6 Å². The van der Waals surface area contributed by atoms with Crippen LogP contribution < -0.4 is 0 Å². The van der Waals surface area contributed by atoms with Crippen LogP contribution in [0.4, 0.5) is 4.39 Å². The van der Waals surface area contributed by atoms with E-state index in [1.54, 1.807) is 18.7 Å². The van der Waals surface area contributed by atoms with Crippen molar-refractivity contribution in [3.8, 4) is 0 Å². The summed E-state index contributed by atoms with van der Waals surface area (Å²) in [7, 11) is 0. The van der Waals surface area contributed by atoms with Gasteiger partial charge < -0.3 is 9.97 Å². The highest BCUT2D eigenvalue weighted by atomic mass is 35.5. The van der Waals surface area contributed by atoms with E-state index in [-0.39, 0.29) is 11.9 Å². The summed E-state index contributed by atoms with van der Waals surface area (Å²) in [5, 5.41) is 0.416. The fourth-order valence-electron chi connectivity index (χ4n) is 3.30. The first-order chi connectivity index (χ1) is 11.6. The highest BCUT2D eigenvalue weighted by Crippen LogP contribution is 2.37. The van der Waals surface area contributed by atoms with Gasteiger partial charge in [0.25, 0.3) is 0 Å². The molecule has 1 aliphatic heterocycles. The van der Waals surface area contributed by atoms with E-state index in [0.29, 0.717) is 11.6 Å². The molecule has 7 heteroatoms. The zero-order valence-corrected chi connectivity index (χ0v) is 13.9. The maximum absolute atomic E-state index is 13.5. The van der Waals surface area contributed by atoms with Crippen molar-refractivity contribution in [2.75, 3.05) is 6.54 Å². The van der Waals surface area contributed by atoms with E-state index in [1.165, 1.54) is 12.1 Å². The smallest absolute Gasteiger partial charge is 0.124 e. The minimum Gasteiger partial charge on any atom is -0.348 e. The van der Waals surface area contributed by atoms with Crippen molar-refractivity contribution in [3.63, 3.8) is 0 Å². The molecule has 0 saturated heterocycles. The standard InChI is InChI=1S/C17H17ClFN5/c1-10-15(22-8-20-10)7-24-5-4-14-16(23-9-21-14)17(24)12-3-2-11(19)6-13(12)18/h2-3,6,8-9,17H,4-5,7H2,1H3,(H,20,22)(H,21,23). The van der Waals surface area contributed by atoms with Gasteiger partial charge in [-0.25, -0.2) is 14.4 Å². The molecule has 0 aliphatic carbocycles. The Hall–Kier alpha value is -2.18. The van der Waals surface area contributed by atoms with Crippen LogP contribution in [-0.2, 0) is 13.0 Å². The minimum absolute atomic E-state index is 0.121. The monoisotopic (exact) mass is 345 g/mol. The van der Waals surface area contributed by atoms with Crippen LogP contribution in [0.2, 0.25) is 5.02 Å². The summed E-state index contributed by atoms with van der Waals surface area (Å²) in [6.45, 7) is 3.53. The maximum atomic E-state index is 13.5. The van der Waals surface area contributed by atoms with E-state index in [0.717, 1.165) is 41.3 Å². The van der Waals surface area contributed by atoms with Crippen molar-refractivity contribution in [2.45, 2.75) is 25.9 Å². The number of fused-ring (bicyclic) bond motifs is 1. The Morgan fingerprint density at radius 1 is 1.29 bits per heavy atom. The molecular formula is C17H17ClFN5. The second-order valence-corrected chi connectivity index (χ2v) is 6.44. The number of hydrogen-bond donors (Lipinski definition) is 2. The largest absolute Gasteiger partial charge is 0.348 e. The molecule has 1 aliphatic rings. The minimum atomic E-state index is -0.337. The molecule has 1 aromatic carbocycles. The van der Waals surface area contributed by atoms with Crippen LogP contribution in [0.1, 0.15) is 34.4 Å². The van der Waals surface area contributed by atoms with Gasteiger partial charge >= 0.3 is 0 Å². The van der Waals surface area contributed by atoms with Gasteiger partial charge in [-0.15, -0.1) is 0 Å². The van der Waals surface area contributed by atoms with Gasteiger partial charge in [-0.2, -0.15) is 0 Å². The Balaban J connectivity index is 1.77. The van der Waals surface area contributed by atoms with E-state index in [1.807, 2.05) is 6.92 Å². The Morgan fingerprint density at radius 2 is 2.12 bits per heavy atom. The summed E-state index contributed by atoms with van der Waals surface area (Å²) in [6, 6.07) is 4.43. The lowest BCUT2D eigenvalue weighted by Crippen LogP contribution is -2.36. The fraction of sp³-hybridized carbons (Fsp3) is 0.294. The van der Waals surface area contributed by atoms with Crippen molar-refractivity contribution in [1.82, 2.24) is 24.8 Å². The second kappa shape index (κ2) is 6.03. The average Bonchev–Trinajstić information content (AvgIpc) is 3.17. The third kappa shape index (κ3) is 2.61. The van der Waals surface area contributed by atoms with Crippen LogP contribution in [0.15, 0.2) is 30.9 Å². The van der Waals surface area contributed by atoms with Gasteiger partial charge in [0.05, 0.1) is 30.1 Å². The third-order valence-electron chi connectivity index (χ3n) is 4.57. The summed E-state index contributed by atoms with van der Waals surface area (Å²) in [5.74, 6) is -0.337. The summed E-state index contributed by atoms with van der Waals surface area (Å²) >= 11 is 6.35. The van der Waals surface area contributed by atoms with Gasteiger partial charge in [0, 0.05) is 35.9 Å². The Labute approximate surface area is 143 Å². The number of nitrogens with zero attached hydrogens (tertiary/aromatic N) is 3. The summed E-state index contributed by atoms with van der Waals surface area (Å²) in [4.78, 5) is 17.5. The van der Waals surface area contributed by atoms with Crippen LogP contribution in [0.25, 0.3) is 0 Å². The Morgan fingerprint density at radius 3 is 2.88 bits per heavy atom. The molecule has 0 spiro atoms. The van der Waals surface area contributed by atoms with Gasteiger partial charge in [-0.1, -0.05) is 17.7 Å². The third-order valence-corrected chi connectivity index (χ3v) is 4.90. The van der Waals surface area contributed by atoms with E-state index in [9.17, 15) is 4.39 Å². The number of H-pyrrole nitrogens is 2. The average molecular weight is 346 g/mol. The lowest BCUT2D eigenvalue weighted by Gasteiger charge is -2.35. The highest BCUT2D eigenvalue weighted by Gasteiger charge is 2.32. The normalized spacial score (nSPS) is 17.9. The quantitative estimate of drug-likeness (QED) is 0.765. The van der Waals surface area contributed by atoms with Gasteiger partial charge in [0.1, 0.15) is 5.82 Å². The number of nitrogens with one attached hydrogen (secondary N) is 2. The number of rotatable bonds is 3. The SMILES string of the molecule is Cc1[nH]cnc1CN1CCc2[nH]cnc2C1c1ccc(F)cc1Cl. The molecule has 0 saturated carbocycles. The molecule has 0 radical (unpaired) electrons. The van der Waals surface area contributed by atoms with Gasteiger partial charge in [0.2, 0.25) is 0 Å². The Kier molecular flexibility index (Phi) is 3.86. The number of hydrogen-bond acceptors (Lipinski definition) is 3. The van der Waals surface area contributed by atoms with Crippen molar-refractivity contribution in [1.29, 1.82) is 0 Å². The lowest BCUT2D eigenvalue weighted by atomic mass is 9.95. The molecule has 24 heavy (non-hydrogen) atoms. The first kappa shape index (κ1) is 15.4. The van der Waals surface area contributed by atoms with Crippen LogP contribution >= 0.6 is 11.6 Å². The van der Waals surface area contributed by atoms with E-state index >= 15 is 0 Å². The molecule has 3 aromatic rings. The number of aromatic amines is 2. The molecule has 124 valence electrons. The number of imidazole rings is 2. The molecule has 0 bridgehead atoms. The van der Waals surface area contributed by atoms with Crippen LogP contribution in [0, 0.1) is 12.7 Å². The van der Waals surface area contributed by atoms with Gasteiger partial charge in [-0.05, 0) is 24.6 Å². The summed E-state index contributed by atoms with van der Waals surface area (Å²) in [5.41, 5.74) is 4.96. The number of halogens is 2. The van der Waals surface area contributed by atoms with E-state index in [4.69, 9.17) is 11.6 Å². The molecule has 0 fully saturated rings. The molecular weight excluding hydrogens is 329 g/mol. The predicted molar refractivity (Wildman–Crippen MR) is 89.3 cm³/mol. The maximum Gasteiger partial charge on any atom is 0.124 e. The van der Waals surface area contributed by atoms with Gasteiger partial charge in [0.15, 0.2) is 0 Å². The van der Waals surface area contributed by atoms with Crippen LogP contribution in [0.5, 0.6) is 0 Å². The van der Waals surface area contributed by atoms with Crippen molar-refractivity contribution in [2.24, 2.45) is 0 Å². The van der Waals surface area contributed by atoms with Crippen molar-refractivity contribution < 1.29 is 4.39 Å². The summed E-state index contributed by atoms with van der Waals surface area (Å²) < 4.78 is 13.5. The molecule has 4 rings (SSSR count). The highest BCUT2D eigenvalue weighted by molar-refractivity contribution is 6.31. The molecule has 2 N–H and O–H groups in total. The van der Waals surface area contributed by atoms with Crippen molar-refractivity contribution >= 4 is 11.6 Å². The van der Waals surface area contributed by atoms with Crippen LogP contribution in [-0.4, -0.2) is 31.4 Å².